The molecule has 32 heavy (non-hydrogen) atoms. The van der Waals surface area contributed by atoms with E-state index in [0.717, 1.165) is 30.0 Å². The van der Waals surface area contributed by atoms with Gasteiger partial charge in [0.25, 0.3) is 0 Å². The fourth-order valence-corrected chi connectivity index (χ4v) is 7.22. The Hall–Kier alpha value is -2.26. The number of rotatable bonds is 7. The van der Waals surface area contributed by atoms with Crippen molar-refractivity contribution < 1.29 is 13.2 Å². The molecule has 0 aliphatic carbocycles. The molecule has 2 N–H and O–H groups in total. The molecule has 2 heterocycles. The first-order valence-electron chi connectivity index (χ1n) is 10.8. The van der Waals surface area contributed by atoms with Crippen LogP contribution in [0.4, 0.5) is 0 Å². The average molecular weight is 472 g/mol. The van der Waals surface area contributed by atoms with Gasteiger partial charge in [-0.05, 0) is 57.0 Å². The van der Waals surface area contributed by atoms with Gasteiger partial charge in [-0.25, -0.2) is 13.4 Å². The summed E-state index contributed by atoms with van der Waals surface area (Å²) in [4.78, 5) is 4.56. The van der Waals surface area contributed by atoms with Gasteiger partial charge in [-0.2, -0.15) is 0 Å². The monoisotopic (exact) mass is 471 g/mol. The third-order valence-electron chi connectivity index (χ3n) is 5.84. The van der Waals surface area contributed by atoms with Crippen molar-refractivity contribution in [3.63, 3.8) is 0 Å². The van der Waals surface area contributed by atoms with Crippen molar-refractivity contribution in [2.24, 2.45) is 0 Å². The number of benzene rings is 2. The van der Waals surface area contributed by atoms with E-state index in [9.17, 15) is 8.42 Å². The maximum atomic E-state index is 13.3. The van der Waals surface area contributed by atoms with Gasteiger partial charge in [0.05, 0.1) is 22.7 Å². The van der Waals surface area contributed by atoms with E-state index < -0.39 is 9.84 Å². The minimum absolute atomic E-state index is 0.214. The van der Waals surface area contributed by atoms with E-state index in [1.54, 1.807) is 32.2 Å². The lowest BCUT2D eigenvalue weighted by Crippen LogP contribution is -2.45. The van der Waals surface area contributed by atoms with E-state index in [-0.39, 0.29) is 17.0 Å². The Kier molecular flexibility index (Phi) is 6.95. The summed E-state index contributed by atoms with van der Waals surface area (Å²) in [5, 5.41) is 8.01. The highest BCUT2D eigenvalue weighted by molar-refractivity contribution is 7.93. The number of methoxy groups -OCH3 is 1. The minimum Gasteiger partial charge on any atom is -0.496 e. The van der Waals surface area contributed by atoms with Gasteiger partial charge in [-0.1, -0.05) is 30.3 Å². The molecule has 1 aliphatic rings. The fraction of sp³-hybridized carbons (Fsp3) is 0.375. The average Bonchev–Trinajstić information content (AvgIpc) is 3.17. The van der Waals surface area contributed by atoms with Crippen LogP contribution in [0.5, 0.6) is 5.75 Å². The summed E-state index contributed by atoms with van der Waals surface area (Å²) in [6.45, 7) is 5.06. The zero-order valence-electron chi connectivity index (χ0n) is 18.6. The second kappa shape index (κ2) is 9.70. The standard InChI is InChI=1S/C24H29N3O3S2/c1-16-24(31-17(2)27-16)32(28,29)20-11-12-22(30-3)19(14-20)15-26-21-10-7-13-25-23(21)18-8-5-4-6-9-18/h4-6,8-9,11-12,14,21,23,25-26H,7,10,13,15H2,1-3H3/t21-,23-/m0/s1. The molecule has 0 unspecified atom stereocenters. The van der Waals surface area contributed by atoms with E-state index >= 15 is 0 Å². The highest BCUT2D eigenvalue weighted by atomic mass is 32.2. The Labute approximate surface area is 194 Å². The Morgan fingerprint density at radius 1 is 1.19 bits per heavy atom. The molecule has 3 aromatic rings. The second-order valence-electron chi connectivity index (χ2n) is 8.05. The lowest BCUT2D eigenvalue weighted by atomic mass is 9.92. The molecular formula is C24H29N3O3S2. The van der Waals surface area contributed by atoms with Gasteiger partial charge in [0.2, 0.25) is 9.84 Å². The molecule has 8 heteroatoms. The van der Waals surface area contributed by atoms with Gasteiger partial charge in [-0.15, -0.1) is 11.3 Å². The number of aromatic nitrogens is 1. The number of thiazole rings is 1. The van der Waals surface area contributed by atoms with Crippen molar-refractivity contribution >= 4 is 21.2 Å². The zero-order valence-corrected chi connectivity index (χ0v) is 20.2. The maximum absolute atomic E-state index is 13.3. The van der Waals surface area contributed by atoms with Crippen molar-refractivity contribution in [2.45, 2.75) is 54.4 Å². The maximum Gasteiger partial charge on any atom is 0.217 e. The summed E-state index contributed by atoms with van der Waals surface area (Å²) in [6.07, 6.45) is 2.14. The molecule has 4 rings (SSSR count). The number of ether oxygens (including phenoxy) is 1. The van der Waals surface area contributed by atoms with E-state index in [0.29, 0.717) is 22.2 Å². The fourth-order valence-electron chi connectivity index (χ4n) is 4.29. The van der Waals surface area contributed by atoms with Gasteiger partial charge in [0.1, 0.15) is 9.96 Å². The van der Waals surface area contributed by atoms with Gasteiger partial charge >= 0.3 is 0 Å². The summed E-state index contributed by atoms with van der Waals surface area (Å²) in [5.41, 5.74) is 2.62. The van der Waals surface area contributed by atoms with Crippen molar-refractivity contribution in [1.82, 2.24) is 15.6 Å². The quantitative estimate of drug-likeness (QED) is 0.538. The van der Waals surface area contributed by atoms with Gasteiger partial charge < -0.3 is 15.4 Å². The molecule has 0 spiro atoms. The first kappa shape index (κ1) is 22.9. The van der Waals surface area contributed by atoms with Crippen molar-refractivity contribution in [2.75, 3.05) is 13.7 Å². The topological polar surface area (TPSA) is 80.3 Å². The lowest BCUT2D eigenvalue weighted by Gasteiger charge is -2.34. The summed E-state index contributed by atoms with van der Waals surface area (Å²) in [7, 11) is -2.02. The summed E-state index contributed by atoms with van der Waals surface area (Å²) < 4.78 is 32.4. The third-order valence-corrected chi connectivity index (χ3v) is 9.27. The molecule has 0 saturated carbocycles. The Bertz CT molecular complexity index is 1180. The zero-order chi connectivity index (χ0) is 22.7. The van der Waals surface area contributed by atoms with Crippen LogP contribution in [0.25, 0.3) is 0 Å². The SMILES string of the molecule is COc1ccc(S(=O)(=O)c2sc(C)nc2C)cc1CN[C@H]1CCCN[C@H]1c1ccccc1. The Morgan fingerprint density at radius 3 is 2.66 bits per heavy atom. The number of sulfone groups is 1. The number of hydrogen-bond donors (Lipinski definition) is 2. The van der Waals surface area contributed by atoms with Crippen LogP contribution >= 0.6 is 11.3 Å². The van der Waals surface area contributed by atoms with E-state index in [2.05, 4.69) is 39.9 Å². The molecule has 0 bridgehead atoms. The van der Waals surface area contributed by atoms with Crippen molar-refractivity contribution in [3.05, 3.63) is 70.4 Å². The molecule has 1 saturated heterocycles. The molecule has 170 valence electrons. The Balaban J connectivity index is 1.59. The highest BCUT2D eigenvalue weighted by Gasteiger charge is 2.27. The van der Waals surface area contributed by atoms with Crippen LogP contribution in [0.2, 0.25) is 0 Å². The first-order chi connectivity index (χ1) is 15.4. The van der Waals surface area contributed by atoms with Crippen LogP contribution < -0.4 is 15.4 Å². The van der Waals surface area contributed by atoms with E-state index in [1.165, 1.54) is 16.9 Å². The molecule has 0 radical (unpaired) electrons. The summed E-state index contributed by atoms with van der Waals surface area (Å²) in [5.74, 6) is 0.675. The minimum atomic E-state index is -3.63. The Morgan fingerprint density at radius 2 is 1.97 bits per heavy atom. The second-order valence-corrected chi connectivity index (χ2v) is 11.4. The van der Waals surface area contributed by atoms with Gasteiger partial charge in [0.15, 0.2) is 0 Å². The van der Waals surface area contributed by atoms with Crippen LogP contribution in [0.1, 0.15) is 40.7 Å². The lowest BCUT2D eigenvalue weighted by molar-refractivity contribution is 0.302. The van der Waals surface area contributed by atoms with E-state index in [4.69, 9.17) is 4.74 Å². The molecular weight excluding hydrogens is 442 g/mol. The van der Waals surface area contributed by atoms with Crippen LogP contribution in [0.3, 0.4) is 0 Å². The van der Waals surface area contributed by atoms with Crippen LogP contribution in [0.15, 0.2) is 57.6 Å². The molecule has 1 aromatic heterocycles. The molecule has 2 aromatic carbocycles. The van der Waals surface area contributed by atoms with E-state index in [1.807, 2.05) is 13.0 Å². The third kappa shape index (κ3) is 4.73. The summed E-state index contributed by atoms with van der Waals surface area (Å²) in [6, 6.07) is 16.0. The molecule has 2 atom stereocenters. The molecule has 1 fully saturated rings. The first-order valence-corrected chi connectivity index (χ1v) is 13.1. The van der Waals surface area contributed by atoms with Crippen molar-refractivity contribution in [1.29, 1.82) is 0 Å². The normalized spacial score (nSPS) is 19.1. The van der Waals surface area contributed by atoms with Gasteiger partial charge in [-0.3, -0.25) is 0 Å². The molecule has 1 aliphatic heterocycles. The highest BCUT2D eigenvalue weighted by Crippen LogP contribution is 2.32. The molecule has 6 nitrogen and oxygen atoms in total. The van der Waals surface area contributed by atoms with Gasteiger partial charge in [0, 0.05) is 24.2 Å². The van der Waals surface area contributed by atoms with Crippen LogP contribution in [-0.4, -0.2) is 33.1 Å². The van der Waals surface area contributed by atoms with Crippen molar-refractivity contribution in [3.8, 4) is 5.75 Å². The number of nitrogens with one attached hydrogen (secondary N) is 2. The predicted octanol–water partition coefficient (Wildman–Crippen LogP) is 4.18. The van der Waals surface area contributed by atoms with Crippen LogP contribution in [0, 0.1) is 13.8 Å². The summed E-state index contributed by atoms with van der Waals surface area (Å²) >= 11 is 1.21. The smallest absolute Gasteiger partial charge is 0.217 e. The van der Waals surface area contributed by atoms with Crippen LogP contribution in [-0.2, 0) is 16.4 Å². The number of nitrogens with zero attached hydrogens (tertiary/aromatic N) is 1. The molecule has 0 amide bonds. The number of piperidine rings is 1. The predicted molar refractivity (Wildman–Crippen MR) is 127 cm³/mol. The number of hydrogen-bond acceptors (Lipinski definition) is 7. The number of aryl methyl sites for hydroxylation is 2. The largest absolute Gasteiger partial charge is 0.496 e.